The predicted molar refractivity (Wildman–Crippen MR) is 129 cm³/mol. The van der Waals surface area contributed by atoms with Gasteiger partial charge in [0, 0.05) is 23.4 Å². The maximum atomic E-state index is 12.8. The molecule has 6 heteroatoms. The first-order valence-corrected chi connectivity index (χ1v) is 11.2. The van der Waals surface area contributed by atoms with Crippen LogP contribution in [0.1, 0.15) is 32.9 Å². The molecule has 162 valence electrons. The number of carbonyl (C=O) groups is 1. The van der Waals surface area contributed by atoms with Crippen molar-refractivity contribution >= 4 is 21.8 Å². The fourth-order valence-electron chi connectivity index (χ4n) is 3.55. The van der Waals surface area contributed by atoms with Gasteiger partial charge in [-0.15, -0.1) is 0 Å². The molecule has 0 atom stereocenters. The van der Waals surface area contributed by atoms with Gasteiger partial charge in [0.05, 0.1) is 15.9 Å². The Morgan fingerprint density at radius 3 is 2.53 bits per heavy atom. The molecule has 0 aliphatic heterocycles. The summed E-state index contributed by atoms with van der Waals surface area (Å²) in [7, 11) is 0. The number of nitrogens with zero attached hydrogens (tertiary/aromatic N) is 2. The van der Waals surface area contributed by atoms with Crippen molar-refractivity contribution in [3.8, 4) is 11.4 Å². The van der Waals surface area contributed by atoms with Crippen LogP contribution in [0.4, 0.5) is 0 Å². The minimum Gasteiger partial charge on any atom is -0.488 e. The smallest absolute Gasteiger partial charge is 0.251 e. The van der Waals surface area contributed by atoms with Crippen molar-refractivity contribution in [1.82, 2.24) is 15.1 Å². The Hall–Kier alpha value is -3.38. The standard InChI is InChI=1S/C26H24BrN3O2/c1-18-23(19(2)30(29-18)22-11-4-3-5-12-22)16-28-26(31)21-10-8-9-20(15-21)17-32-25-14-7-6-13-24(25)27/h3-15H,16-17H2,1-2H3,(H,28,31). The highest BCUT2D eigenvalue weighted by atomic mass is 79.9. The van der Waals surface area contributed by atoms with E-state index in [0.29, 0.717) is 18.7 Å². The van der Waals surface area contributed by atoms with E-state index < -0.39 is 0 Å². The van der Waals surface area contributed by atoms with Gasteiger partial charge in [0.2, 0.25) is 0 Å². The molecule has 0 saturated heterocycles. The molecule has 1 N–H and O–H groups in total. The molecule has 0 fully saturated rings. The summed E-state index contributed by atoms with van der Waals surface area (Å²) in [5.41, 5.74) is 5.48. The third-order valence-corrected chi connectivity index (χ3v) is 5.94. The van der Waals surface area contributed by atoms with Crippen molar-refractivity contribution in [2.24, 2.45) is 0 Å². The Morgan fingerprint density at radius 2 is 1.75 bits per heavy atom. The summed E-state index contributed by atoms with van der Waals surface area (Å²) >= 11 is 3.48. The van der Waals surface area contributed by atoms with Gasteiger partial charge in [-0.2, -0.15) is 5.10 Å². The highest BCUT2D eigenvalue weighted by Crippen LogP contribution is 2.25. The van der Waals surface area contributed by atoms with Crippen molar-refractivity contribution in [2.45, 2.75) is 27.0 Å². The fraction of sp³-hybridized carbons (Fsp3) is 0.154. The fourth-order valence-corrected chi connectivity index (χ4v) is 3.95. The van der Waals surface area contributed by atoms with Crippen molar-refractivity contribution in [2.75, 3.05) is 0 Å². The molecule has 1 amide bonds. The molecule has 32 heavy (non-hydrogen) atoms. The maximum Gasteiger partial charge on any atom is 0.251 e. The number of amides is 1. The first-order valence-electron chi connectivity index (χ1n) is 10.4. The van der Waals surface area contributed by atoms with Crippen LogP contribution in [0.25, 0.3) is 5.69 Å². The number of halogens is 1. The number of carbonyl (C=O) groups excluding carboxylic acids is 1. The zero-order valence-electron chi connectivity index (χ0n) is 18.0. The lowest BCUT2D eigenvalue weighted by molar-refractivity contribution is 0.0950. The number of para-hydroxylation sites is 2. The summed E-state index contributed by atoms with van der Waals surface area (Å²) in [5, 5.41) is 7.68. The summed E-state index contributed by atoms with van der Waals surface area (Å²) in [6.07, 6.45) is 0. The molecule has 0 spiro atoms. The second-order valence-electron chi connectivity index (χ2n) is 7.50. The average molecular weight is 490 g/mol. The molecule has 0 unspecified atom stereocenters. The summed E-state index contributed by atoms with van der Waals surface area (Å²) in [6, 6.07) is 25.2. The molecular formula is C26H24BrN3O2. The number of nitrogens with one attached hydrogen (secondary N) is 1. The minimum absolute atomic E-state index is 0.126. The van der Waals surface area contributed by atoms with Gasteiger partial charge in [-0.3, -0.25) is 4.79 Å². The second kappa shape index (κ2) is 9.83. The van der Waals surface area contributed by atoms with Gasteiger partial charge in [0.25, 0.3) is 5.91 Å². The second-order valence-corrected chi connectivity index (χ2v) is 8.35. The van der Waals surface area contributed by atoms with Gasteiger partial charge in [-0.25, -0.2) is 4.68 Å². The number of aromatic nitrogens is 2. The molecule has 4 rings (SSSR count). The molecule has 0 aliphatic carbocycles. The van der Waals surface area contributed by atoms with Crippen molar-refractivity contribution in [3.63, 3.8) is 0 Å². The van der Waals surface area contributed by atoms with E-state index in [0.717, 1.165) is 38.4 Å². The van der Waals surface area contributed by atoms with Gasteiger partial charge < -0.3 is 10.1 Å². The van der Waals surface area contributed by atoms with E-state index in [2.05, 4.69) is 26.3 Å². The summed E-state index contributed by atoms with van der Waals surface area (Å²) in [4.78, 5) is 12.8. The molecule has 0 radical (unpaired) electrons. The molecule has 0 aliphatic rings. The van der Waals surface area contributed by atoms with E-state index in [1.54, 1.807) is 0 Å². The quantitative estimate of drug-likeness (QED) is 0.359. The first kappa shape index (κ1) is 21.8. The normalized spacial score (nSPS) is 10.7. The number of hydrogen-bond acceptors (Lipinski definition) is 3. The lowest BCUT2D eigenvalue weighted by Crippen LogP contribution is -2.23. The van der Waals surface area contributed by atoms with Crippen LogP contribution in [-0.4, -0.2) is 15.7 Å². The third-order valence-electron chi connectivity index (χ3n) is 5.29. The maximum absolute atomic E-state index is 12.8. The summed E-state index contributed by atoms with van der Waals surface area (Å²) < 4.78 is 8.69. The third kappa shape index (κ3) is 4.92. The lowest BCUT2D eigenvalue weighted by atomic mass is 10.1. The molecule has 3 aromatic carbocycles. The molecular weight excluding hydrogens is 466 g/mol. The van der Waals surface area contributed by atoms with Crippen molar-refractivity contribution < 1.29 is 9.53 Å². The molecule has 1 heterocycles. The number of rotatable bonds is 7. The van der Waals surface area contributed by atoms with Gasteiger partial charge in [0.1, 0.15) is 12.4 Å². The zero-order chi connectivity index (χ0) is 22.5. The Labute approximate surface area is 196 Å². The first-order chi connectivity index (χ1) is 15.5. The summed E-state index contributed by atoms with van der Waals surface area (Å²) in [5.74, 6) is 0.641. The Morgan fingerprint density at radius 1 is 1.00 bits per heavy atom. The molecule has 4 aromatic rings. The van der Waals surface area contributed by atoms with E-state index in [4.69, 9.17) is 4.74 Å². The minimum atomic E-state index is -0.126. The van der Waals surface area contributed by atoms with E-state index in [1.165, 1.54) is 0 Å². The van der Waals surface area contributed by atoms with Gasteiger partial charge >= 0.3 is 0 Å². The van der Waals surface area contributed by atoms with Gasteiger partial charge in [-0.1, -0.05) is 42.5 Å². The monoisotopic (exact) mass is 489 g/mol. The number of benzene rings is 3. The Kier molecular flexibility index (Phi) is 6.71. The van der Waals surface area contributed by atoms with Gasteiger partial charge in [0.15, 0.2) is 0 Å². The number of hydrogen-bond donors (Lipinski definition) is 1. The highest BCUT2D eigenvalue weighted by molar-refractivity contribution is 9.10. The molecule has 0 bridgehead atoms. The SMILES string of the molecule is Cc1nn(-c2ccccc2)c(C)c1CNC(=O)c1cccc(COc2ccccc2Br)c1. The lowest BCUT2D eigenvalue weighted by Gasteiger charge is -2.10. The summed E-state index contributed by atoms with van der Waals surface area (Å²) in [6.45, 7) is 4.79. The highest BCUT2D eigenvalue weighted by Gasteiger charge is 2.14. The van der Waals surface area contributed by atoms with Crippen molar-refractivity contribution in [3.05, 3.63) is 111 Å². The van der Waals surface area contributed by atoms with Crippen LogP contribution in [0.2, 0.25) is 0 Å². The van der Waals surface area contributed by atoms with Crippen LogP contribution in [0, 0.1) is 13.8 Å². The Bertz CT molecular complexity index is 1240. The predicted octanol–water partition coefficient (Wildman–Crippen LogP) is 5.76. The van der Waals surface area contributed by atoms with E-state index in [1.807, 2.05) is 97.4 Å². The zero-order valence-corrected chi connectivity index (χ0v) is 19.6. The Balaban J connectivity index is 1.42. The molecule has 0 saturated carbocycles. The van der Waals surface area contributed by atoms with E-state index in [9.17, 15) is 4.79 Å². The van der Waals surface area contributed by atoms with Crippen LogP contribution in [0.15, 0.2) is 83.3 Å². The largest absolute Gasteiger partial charge is 0.488 e. The topological polar surface area (TPSA) is 56.2 Å². The number of aryl methyl sites for hydroxylation is 1. The van der Waals surface area contributed by atoms with E-state index >= 15 is 0 Å². The molecule has 1 aromatic heterocycles. The molecule has 5 nitrogen and oxygen atoms in total. The van der Waals surface area contributed by atoms with Crippen LogP contribution >= 0.6 is 15.9 Å². The van der Waals surface area contributed by atoms with Crippen LogP contribution < -0.4 is 10.1 Å². The van der Waals surface area contributed by atoms with Crippen molar-refractivity contribution in [1.29, 1.82) is 0 Å². The van der Waals surface area contributed by atoms with Crippen LogP contribution in [-0.2, 0) is 13.2 Å². The van der Waals surface area contributed by atoms with Crippen LogP contribution in [0.3, 0.4) is 0 Å². The van der Waals surface area contributed by atoms with Gasteiger partial charge in [-0.05, 0) is 71.7 Å². The van der Waals surface area contributed by atoms with E-state index in [-0.39, 0.29) is 5.91 Å². The number of ether oxygens (including phenoxy) is 1. The average Bonchev–Trinajstić information content (AvgIpc) is 3.11. The van der Waals surface area contributed by atoms with Crippen LogP contribution in [0.5, 0.6) is 5.75 Å².